The maximum absolute atomic E-state index is 14.0. The van der Waals surface area contributed by atoms with Crippen LogP contribution in [0.15, 0.2) is 18.2 Å². The fourth-order valence-electron chi connectivity index (χ4n) is 3.21. The van der Waals surface area contributed by atoms with Crippen LogP contribution < -0.4 is 0 Å². The van der Waals surface area contributed by atoms with Gasteiger partial charge in [0.1, 0.15) is 5.82 Å². The summed E-state index contributed by atoms with van der Waals surface area (Å²) in [5.41, 5.74) is 0.773. The van der Waals surface area contributed by atoms with Crippen molar-refractivity contribution in [3.63, 3.8) is 0 Å². The molecule has 1 aliphatic rings. The highest BCUT2D eigenvalue weighted by Gasteiger charge is 2.35. The number of halogens is 1. The van der Waals surface area contributed by atoms with Crippen molar-refractivity contribution >= 4 is 9.84 Å². The van der Waals surface area contributed by atoms with E-state index in [9.17, 15) is 12.8 Å². The summed E-state index contributed by atoms with van der Waals surface area (Å²) in [5, 5.41) is 8.39. The molecule has 0 aliphatic heterocycles. The van der Waals surface area contributed by atoms with Crippen LogP contribution in [-0.2, 0) is 16.4 Å². The van der Waals surface area contributed by atoms with Gasteiger partial charge in [-0.25, -0.2) is 12.8 Å². The number of benzene rings is 1. The summed E-state index contributed by atoms with van der Waals surface area (Å²) >= 11 is 0. The minimum Gasteiger partial charge on any atom is -0.298 e. The van der Waals surface area contributed by atoms with Crippen molar-refractivity contribution in [2.45, 2.75) is 43.5 Å². The fourth-order valence-corrected chi connectivity index (χ4v) is 4.72. The molecule has 2 rings (SSSR count). The lowest BCUT2D eigenvalue weighted by Crippen LogP contribution is -2.46. The summed E-state index contributed by atoms with van der Waals surface area (Å²) in [5.74, 6) is -0.419. The summed E-state index contributed by atoms with van der Waals surface area (Å²) in [6, 6.07) is 6.23. The van der Waals surface area contributed by atoms with Crippen LogP contribution >= 0.6 is 0 Å². The first-order valence-electron chi connectivity index (χ1n) is 7.40. The second-order valence-corrected chi connectivity index (χ2v) is 8.32. The van der Waals surface area contributed by atoms with Crippen LogP contribution in [0.5, 0.6) is 0 Å². The van der Waals surface area contributed by atoms with Crippen LogP contribution in [0.25, 0.3) is 0 Å². The van der Waals surface area contributed by atoms with Gasteiger partial charge in [-0.3, -0.25) is 4.90 Å². The van der Waals surface area contributed by atoms with E-state index in [1.54, 1.807) is 12.1 Å². The molecular weight excluding hydrogens is 303 g/mol. The summed E-state index contributed by atoms with van der Waals surface area (Å²) < 4.78 is 37.9. The number of hydrogen-bond acceptors (Lipinski definition) is 4. The number of hydrogen-bond donors (Lipinski definition) is 0. The van der Waals surface area contributed by atoms with Crippen molar-refractivity contribution < 1.29 is 12.8 Å². The molecule has 2 atom stereocenters. The minimum atomic E-state index is -3.11. The number of nitriles is 1. The van der Waals surface area contributed by atoms with E-state index in [1.807, 2.05) is 18.0 Å². The van der Waals surface area contributed by atoms with Crippen molar-refractivity contribution in [1.82, 2.24) is 4.90 Å². The summed E-state index contributed by atoms with van der Waals surface area (Å²) in [7, 11) is -1.27. The van der Waals surface area contributed by atoms with Crippen molar-refractivity contribution in [3.8, 4) is 6.07 Å². The molecule has 0 spiro atoms. The molecule has 0 N–H and O–H groups in total. The normalized spacial score (nSPS) is 22.5. The van der Waals surface area contributed by atoms with Crippen molar-refractivity contribution in [2.24, 2.45) is 0 Å². The smallest absolute Gasteiger partial charge is 0.151 e. The van der Waals surface area contributed by atoms with Crippen LogP contribution in [0.4, 0.5) is 4.39 Å². The molecule has 1 aliphatic carbocycles. The third-order valence-electron chi connectivity index (χ3n) is 4.39. The highest BCUT2D eigenvalue weighted by molar-refractivity contribution is 7.91. The van der Waals surface area contributed by atoms with E-state index < -0.39 is 15.7 Å². The molecule has 0 aromatic heterocycles. The Bertz CT molecular complexity index is 682. The predicted molar refractivity (Wildman–Crippen MR) is 83.5 cm³/mol. The molecule has 0 saturated heterocycles. The summed E-state index contributed by atoms with van der Waals surface area (Å²) in [6.45, 7) is 0.341. The first-order valence-corrected chi connectivity index (χ1v) is 9.36. The van der Waals surface area contributed by atoms with Crippen molar-refractivity contribution in [2.75, 3.05) is 13.3 Å². The van der Waals surface area contributed by atoms with Crippen LogP contribution in [0.3, 0.4) is 0 Å². The van der Waals surface area contributed by atoms with Gasteiger partial charge in [-0.1, -0.05) is 18.9 Å². The predicted octanol–water partition coefficient (Wildman–Crippen LogP) is 2.48. The molecule has 0 bridgehead atoms. The lowest BCUT2D eigenvalue weighted by atomic mass is 9.93. The molecular formula is C16H21FN2O2S. The first-order chi connectivity index (χ1) is 10.3. The molecule has 120 valence electrons. The van der Waals surface area contributed by atoms with Crippen LogP contribution in [-0.4, -0.2) is 37.9 Å². The average Bonchev–Trinajstić information content (AvgIpc) is 2.48. The monoisotopic (exact) mass is 324 g/mol. The zero-order chi connectivity index (χ0) is 16.3. The van der Waals surface area contributed by atoms with E-state index in [-0.39, 0.29) is 16.9 Å². The number of rotatable bonds is 4. The fraction of sp³-hybridized carbons (Fsp3) is 0.562. The second-order valence-electron chi connectivity index (χ2n) is 6.05. The minimum absolute atomic E-state index is 0.0845. The Morgan fingerprint density at radius 2 is 2.05 bits per heavy atom. The largest absolute Gasteiger partial charge is 0.298 e. The maximum atomic E-state index is 14.0. The van der Waals surface area contributed by atoms with Gasteiger partial charge in [0, 0.05) is 24.4 Å². The van der Waals surface area contributed by atoms with Gasteiger partial charge in [-0.15, -0.1) is 0 Å². The highest BCUT2D eigenvalue weighted by atomic mass is 32.2. The third-order valence-corrected chi connectivity index (χ3v) is 6.04. The molecule has 2 unspecified atom stereocenters. The Kier molecular flexibility index (Phi) is 5.20. The Hall–Kier alpha value is -1.45. The van der Waals surface area contributed by atoms with Crippen molar-refractivity contribution in [1.29, 1.82) is 5.26 Å². The highest BCUT2D eigenvalue weighted by Crippen LogP contribution is 2.28. The molecule has 1 aromatic carbocycles. The zero-order valence-electron chi connectivity index (χ0n) is 12.9. The zero-order valence-corrected chi connectivity index (χ0v) is 13.7. The van der Waals surface area contributed by atoms with Gasteiger partial charge >= 0.3 is 0 Å². The van der Waals surface area contributed by atoms with Crippen molar-refractivity contribution in [3.05, 3.63) is 35.1 Å². The Morgan fingerprint density at radius 3 is 2.64 bits per heavy atom. The standard InChI is InChI=1S/C16H21FN2O2S/c1-19(11-13-8-7-12(10-18)9-14(13)17)15-5-3-4-6-16(15)22(2,20)21/h7-9,15-16H,3-6,11H2,1-2H3. The van der Waals surface area contributed by atoms with Gasteiger partial charge in [0.15, 0.2) is 9.84 Å². The lowest BCUT2D eigenvalue weighted by Gasteiger charge is -2.37. The van der Waals surface area contributed by atoms with Gasteiger partial charge < -0.3 is 0 Å². The molecule has 1 saturated carbocycles. The van der Waals surface area contributed by atoms with Gasteiger partial charge in [-0.2, -0.15) is 5.26 Å². The topological polar surface area (TPSA) is 61.2 Å². The molecule has 0 heterocycles. The molecule has 6 heteroatoms. The Balaban J connectivity index is 2.17. The first kappa shape index (κ1) is 16.9. The Morgan fingerprint density at radius 1 is 1.36 bits per heavy atom. The molecule has 22 heavy (non-hydrogen) atoms. The summed E-state index contributed by atoms with van der Waals surface area (Å²) in [6.07, 6.45) is 4.69. The van der Waals surface area contributed by atoms with Gasteiger partial charge in [0.05, 0.1) is 16.9 Å². The molecule has 0 radical (unpaired) electrons. The third kappa shape index (κ3) is 3.84. The second kappa shape index (κ2) is 6.76. The molecule has 0 amide bonds. The summed E-state index contributed by atoms with van der Waals surface area (Å²) in [4.78, 5) is 1.93. The maximum Gasteiger partial charge on any atom is 0.151 e. The van der Waals surface area contributed by atoms with Crippen LogP contribution in [0.1, 0.15) is 36.8 Å². The molecule has 4 nitrogen and oxygen atoms in total. The van der Waals surface area contributed by atoms with E-state index in [0.29, 0.717) is 18.5 Å². The lowest BCUT2D eigenvalue weighted by molar-refractivity contribution is 0.185. The average molecular weight is 324 g/mol. The quantitative estimate of drug-likeness (QED) is 0.854. The number of sulfone groups is 1. The molecule has 1 aromatic rings. The number of nitrogens with zero attached hydrogens (tertiary/aromatic N) is 2. The molecule has 1 fully saturated rings. The van der Waals surface area contributed by atoms with E-state index in [4.69, 9.17) is 5.26 Å². The van der Waals surface area contributed by atoms with Gasteiger partial charge in [-0.05, 0) is 32.0 Å². The van der Waals surface area contributed by atoms with E-state index in [0.717, 1.165) is 19.3 Å². The van der Waals surface area contributed by atoms with Crippen LogP contribution in [0.2, 0.25) is 0 Å². The van der Waals surface area contributed by atoms with Gasteiger partial charge in [0.25, 0.3) is 0 Å². The SMILES string of the molecule is CN(Cc1ccc(C#N)cc1F)C1CCCCC1S(C)(=O)=O. The van der Waals surface area contributed by atoms with Gasteiger partial charge in [0.2, 0.25) is 0 Å². The van der Waals surface area contributed by atoms with E-state index in [1.165, 1.54) is 12.3 Å². The van der Waals surface area contributed by atoms with E-state index in [2.05, 4.69) is 0 Å². The Labute approximate surface area is 131 Å². The van der Waals surface area contributed by atoms with Crippen LogP contribution in [0, 0.1) is 17.1 Å². The van der Waals surface area contributed by atoms with E-state index >= 15 is 0 Å².